The molecule has 1 atom stereocenters. The summed E-state index contributed by atoms with van der Waals surface area (Å²) in [5, 5.41) is 3.72. The Morgan fingerprint density at radius 1 is 1.19 bits per heavy atom. The molecule has 0 bridgehead atoms. The largest absolute Gasteiger partial charge is 0.444 e. The summed E-state index contributed by atoms with van der Waals surface area (Å²) in [6.07, 6.45) is 6.67. The predicted octanol–water partition coefficient (Wildman–Crippen LogP) is 3.02. The fourth-order valence-corrected chi connectivity index (χ4v) is 3.49. The van der Waals surface area contributed by atoms with Crippen molar-refractivity contribution in [2.24, 2.45) is 17.8 Å². The molecule has 3 fully saturated rings. The highest BCUT2D eigenvalue weighted by Crippen LogP contribution is 2.48. The zero-order valence-corrected chi connectivity index (χ0v) is 13.7. The lowest BCUT2D eigenvalue weighted by Crippen LogP contribution is -2.40. The predicted molar refractivity (Wildman–Crippen MR) is 83.2 cm³/mol. The fourth-order valence-electron chi connectivity index (χ4n) is 3.49. The number of amides is 1. The smallest absolute Gasteiger partial charge is 0.410 e. The van der Waals surface area contributed by atoms with Gasteiger partial charge in [0, 0.05) is 19.1 Å². The highest BCUT2D eigenvalue weighted by Gasteiger charge is 2.41. The first-order chi connectivity index (χ1) is 9.92. The molecule has 1 saturated heterocycles. The number of hydrogen-bond donors (Lipinski definition) is 1. The molecule has 2 saturated carbocycles. The van der Waals surface area contributed by atoms with E-state index in [0.29, 0.717) is 6.04 Å². The Morgan fingerprint density at radius 2 is 1.81 bits per heavy atom. The van der Waals surface area contributed by atoms with E-state index in [1.807, 2.05) is 25.7 Å². The van der Waals surface area contributed by atoms with Gasteiger partial charge in [-0.05, 0) is 77.2 Å². The van der Waals surface area contributed by atoms with Crippen molar-refractivity contribution in [3.05, 3.63) is 0 Å². The van der Waals surface area contributed by atoms with Crippen LogP contribution in [-0.4, -0.2) is 42.3 Å². The Kier molecular flexibility index (Phi) is 4.17. The van der Waals surface area contributed by atoms with Crippen LogP contribution in [0.15, 0.2) is 0 Å². The number of carbonyl (C=O) groups is 1. The lowest BCUT2D eigenvalue weighted by Gasteiger charge is -2.25. The van der Waals surface area contributed by atoms with Crippen molar-refractivity contribution in [3.8, 4) is 0 Å². The summed E-state index contributed by atoms with van der Waals surface area (Å²) < 4.78 is 5.45. The van der Waals surface area contributed by atoms with E-state index in [2.05, 4.69) is 5.32 Å². The standard InChI is InChI=1S/C17H30N2O2/c1-17(2,3)21-16(20)19-9-8-14(11-19)18-10-15(12-4-5-12)13-6-7-13/h12-15,18H,4-11H2,1-3H3. The van der Waals surface area contributed by atoms with Crippen molar-refractivity contribution >= 4 is 6.09 Å². The van der Waals surface area contributed by atoms with E-state index in [0.717, 1.165) is 43.8 Å². The van der Waals surface area contributed by atoms with Gasteiger partial charge in [0.05, 0.1) is 0 Å². The van der Waals surface area contributed by atoms with Crippen LogP contribution in [0.5, 0.6) is 0 Å². The molecule has 1 heterocycles. The van der Waals surface area contributed by atoms with E-state index in [9.17, 15) is 4.79 Å². The molecule has 0 spiro atoms. The summed E-state index contributed by atoms with van der Waals surface area (Å²) in [7, 11) is 0. The first-order valence-corrected chi connectivity index (χ1v) is 8.64. The summed E-state index contributed by atoms with van der Waals surface area (Å²) in [6, 6.07) is 0.456. The third-order valence-electron chi connectivity index (χ3n) is 4.94. The minimum atomic E-state index is -0.397. The van der Waals surface area contributed by atoms with Crippen molar-refractivity contribution in [2.75, 3.05) is 19.6 Å². The molecule has 1 amide bonds. The van der Waals surface area contributed by atoms with E-state index in [1.54, 1.807) is 0 Å². The molecular formula is C17H30N2O2. The Morgan fingerprint density at radius 3 is 2.33 bits per heavy atom. The van der Waals surface area contributed by atoms with Gasteiger partial charge in [-0.15, -0.1) is 0 Å². The lowest BCUT2D eigenvalue weighted by atomic mass is 9.97. The SMILES string of the molecule is CC(C)(C)OC(=O)N1CCC(NCC(C2CC2)C2CC2)C1. The van der Waals surface area contributed by atoms with Gasteiger partial charge in [-0.2, -0.15) is 0 Å². The molecule has 1 N–H and O–H groups in total. The highest BCUT2D eigenvalue weighted by molar-refractivity contribution is 5.68. The van der Waals surface area contributed by atoms with Crippen LogP contribution in [-0.2, 0) is 4.74 Å². The van der Waals surface area contributed by atoms with Gasteiger partial charge in [0.25, 0.3) is 0 Å². The second-order valence-corrected chi connectivity index (χ2v) is 8.16. The van der Waals surface area contributed by atoms with Crippen LogP contribution in [0.25, 0.3) is 0 Å². The molecule has 0 aromatic heterocycles. The normalized spacial score (nSPS) is 26.5. The molecular weight excluding hydrogens is 264 g/mol. The maximum absolute atomic E-state index is 12.1. The lowest BCUT2D eigenvalue weighted by molar-refractivity contribution is 0.0290. The van der Waals surface area contributed by atoms with Gasteiger partial charge < -0.3 is 15.0 Å². The molecule has 1 unspecified atom stereocenters. The molecule has 0 radical (unpaired) electrons. The van der Waals surface area contributed by atoms with Gasteiger partial charge in [0.15, 0.2) is 0 Å². The summed E-state index contributed by atoms with van der Waals surface area (Å²) in [4.78, 5) is 13.9. The summed E-state index contributed by atoms with van der Waals surface area (Å²) in [5.41, 5.74) is -0.397. The number of likely N-dealkylation sites (tertiary alicyclic amines) is 1. The molecule has 2 aliphatic carbocycles. The number of rotatable bonds is 5. The van der Waals surface area contributed by atoms with Crippen molar-refractivity contribution in [1.29, 1.82) is 0 Å². The first kappa shape index (κ1) is 15.1. The van der Waals surface area contributed by atoms with Crippen molar-refractivity contribution < 1.29 is 9.53 Å². The van der Waals surface area contributed by atoms with E-state index in [1.165, 1.54) is 25.7 Å². The topological polar surface area (TPSA) is 41.6 Å². The minimum Gasteiger partial charge on any atom is -0.444 e. The van der Waals surface area contributed by atoms with E-state index < -0.39 is 5.60 Å². The first-order valence-electron chi connectivity index (χ1n) is 8.64. The van der Waals surface area contributed by atoms with Crippen LogP contribution in [0.2, 0.25) is 0 Å². The van der Waals surface area contributed by atoms with Crippen molar-refractivity contribution in [2.45, 2.75) is 64.5 Å². The Labute approximate surface area is 128 Å². The van der Waals surface area contributed by atoms with Gasteiger partial charge in [0.1, 0.15) is 5.60 Å². The second kappa shape index (κ2) is 5.79. The average molecular weight is 294 g/mol. The number of hydrogen-bond acceptors (Lipinski definition) is 3. The van der Waals surface area contributed by atoms with Crippen LogP contribution in [0.3, 0.4) is 0 Å². The third-order valence-corrected chi connectivity index (χ3v) is 4.94. The molecule has 0 aromatic carbocycles. The van der Waals surface area contributed by atoms with Crippen LogP contribution < -0.4 is 5.32 Å². The monoisotopic (exact) mass is 294 g/mol. The second-order valence-electron chi connectivity index (χ2n) is 8.16. The quantitative estimate of drug-likeness (QED) is 0.847. The van der Waals surface area contributed by atoms with E-state index >= 15 is 0 Å². The molecule has 4 nitrogen and oxygen atoms in total. The molecule has 0 aromatic rings. The molecule has 120 valence electrons. The number of carbonyl (C=O) groups excluding carboxylic acids is 1. The van der Waals surface area contributed by atoms with Crippen LogP contribution in [0.4, 0.5) is 4.79 Å². The van der Waals surface area contributed by atoms with E-state index in [4.69, 9.17) is 4.74 Å². The summed E-state index contributed by atoms with van der Waals surface area (Å²) in [5.74, 6) is 2.89. The maximum atomic E-state index is 12.1. The van der Waals surface area contributed by atoms with Crippen LogP contribution in [0, 0.1) is 17.8 Å². The summed E-state index contributed by atoms with van der Waals surface area (Å²) >= 11 is 0. The third kappa shape index (κ3) is 4.35. The van der Waals surface area contributed by atoms with Crippen molar-refractivity contribution in [3.63, 3.8) is 0 Å². The van der Waals surface area contributed by atoms with Gasteiger partial charge in [-0.3, -0.25) is 0 Å². The molecule has 3 aliphatic rings. The Balaban J connectivity index is 1.41. The average Bonchev–Trinajstić information content (AvgIpc) is 3.28. The molecule has 1 aliphatic heterocycles. The Bertz CT molecular complexity index is 371. The zero-order valence-electron chi connectivity index (χ0n) is 13.7. The molecule has 4 heteroatoms. The zero-order chi connectivity index (χ0) is 15.0. The number of ether oxygens (including phenoxy) is 1. The van der Waals surface area contributed by atoms with Gasteiger partial charge in [-0.1, -0.05) is 0 Å². The number of nitrogens with one attached hydrogen (secondary N) is 1. The molecule has 21 heavy (non-hydrogen) atoms. The highest BCUT2D eigenvalue weighted by atomic mass is 16.6. The van der Waals surface area contributed by atoms with Gasteiger partial charge in [-0.25, -0.2) is 4.79 Å². The molecule has 3 rings (SSSR count). The number of nitrogens with zero attached hydrogens (tertiary/aromatic N) is 1. The van der Waals surface area contributed by atoms with Crippen molar-refractivity contribution in [1.82, 2.24) is 10.2 Å². The minimum absolute atomic E-state index is 0.160. The Hall–Kier alpha value is -0.770. The van der Waals surface area contributed by atoms with E-state index in [-0.39, 0.29) is 6.09 Å². The fraction of sp³-hybridized carbons (Fsp3) is 0.941. The van der Waals surface area contributed by atoms with Gasteiger partial charge >= 0.3 is 6.09 Å². The van der Waals surface area contributed by atoms with Crippen LogP contribution >= 0.6 is 0 Å². The van der Waals surface area contributed by atoms with Gasteiger partial charge in [0.2, 0.25) is 0 Å². The summed E-state index contributed by atoms with van der Waals surface area (Å²) in [6.45, 7) is 8.55. The maximum Gasteiger partial charge on any atom is 0.410 e. The van der Waals surface area contributed by atoms with Crippen LogP contribution in [0.1, 0.15) is 52.9 Å².